The second-order valence-corrected chi connectivity index (χ2v) is 4.81. The SMILES string of the molecule is CC(C)[C@@H](NC(=O)c1ccc2[nH]ccc2c1)C(=O)O. The van der Waals surface area contributed by atoms with Crippen LogP contribution in [0, 0.1) is 5.92 Å². The van der Waals surface area contributed by atoms with Crippen molar-refractivity contribution in [3.8, 4) is 0 Å². The third-order valence-electron chi connectivity index (χ3n) is 3.03. The van der Waals surface area contributed by atoms with Crippen LogP contribution < -0.4 is 5.32 Å². The highest BCUT2D eigenvalue weighted by atomic mass is 16.4. The van der Waals surface area contributed by atoms with E-state index < -0.39 is 12.0 Å². The third kappa shape index (κ3) is 2.76. The van der Waals surface area contributed by atoms with E-state index in [4.69, 9.17) is 5.11 Å². The molecule has 0 fully saturated rings. The average Bonchev–Trinajstić information content (AvgIpc) is 2.81. The highest BCUT2D eigenvalue weighted by Gasteiger charge is 2.23. The Morgan fingerprint density at radius 1 is 1.26 bits per heavy atom. The van der Waals surface area contributed by atoms with Gasteiger partial charge in [-0.15, -0.1) is 0 Å². The summed E-state index contributed by atoms with van der Waals surface area (Å²) in [6.07, 6.45) is 1.79. The van der Waals surface area contributed by atoms with E-state index in [0.29, 0.717) is 5.56 Å². The van der Waals surface area contributed by atoms with E-state index >= 15 is 0 Å². The van der Waals surface area contributed by atoms with Gasteiger partial charge in [-0.3, -0.25) is 4.79 Å². The van der Waals surface area contributed by atoms with E-state index in [1.165, 1.54) is 0 Å². The summed E-state index contributed by atoms with van der Waals surface area (Å²) in [5.74, 6) is -1.56. The number of hydrogen-bond acceptors (Lipinski definition) is 2. The monoisotopic (exact) mass is 260 g/mol. The van der Waals surface area contributed by atoms with Crippen molar-refractivity contribution in [2.24, 2.45) is 5.92 Å². The second kappa shape index (κ2) is 5.14. The van der Waals surface area contributed by atoms with E-state index in [1.807, 2.05) is 6.07 Å². The maximum atomic E-state index is 12.0. The van der Waals surface area contributed by atoms with E-state index in [1.54, 1.807) is 38.2 Å². The zero-order chi connectivity index (χ0) is 14.0. The summed E-state index contributed by atoms with van der Waals surface area (Å²) in [7, 11) is 0. The Bertz CT molecular complexity index is 616. The van der Waals surface area contributed by atoms with Crippen molar-refractivity contribution < 1.29 is 14.7 Å². The lowest BCUT2D eigenvalue weighted by molar-refractivity contribution is -0.140. The van der Waals surface area contributed by atoms with Crippen molar-refractivity contribution >= 4 is 22.8 Å². The molecule has 0 unspecified atom stereocenters. The number of rotatable bonds is 4. The third-order valence-corrected chi connectivity index (χ3v) is 3.03. The first kappa shape index (κ1) is 13.1. The smallest absolute Gasteiger partial charge is 0.326 e. The van der Waals surface area contributed by atoms with Crippen molar-refractivity contribution in [2.45, 2.75) is 19.9 Å². The summed E-state index contributed by atoms with van der Waals surface area (Å²) >= 11 is 0. The number of nitrogens with one attached hydrogen (secondary N) is 2. The van der Waals surface area contributed by atoms with E-state index in [9.17, 15) is 9.59 Å². The van der Waals surface area contributed by atoms with Gasteiger partial charge in [0.05, 0.1) is 0 Å². The van der Waals surface area contributed by atoms with Crippen molar-refractivity contribution in [1.29, 1.82) is 0 Å². The number of carbonyl (C=O) groups is 2. The standard InChI is InChI=1S/C14H16N2O3/c1-8(2)12(14(18)19)16-13(17)10-3-4-11-9(7-10)5-6-15-11/h3-8,12,15H,1-2H3,(H,16,17)(H,18,19)/t12-/m1/s1. The Morgan fingerprint density at radius 2 is 2.00 bits per heavy atom. The molecule has 0 bridgehead atoms. The Morgan fingerprint density at radius 3 is 2.63 bits per heavy atom. The van der Waals surface area contributed by atoms with Crippen molar-refractivity contribution in [3.63, 3.8) is 0 Å². The molecule has 0 saturated heterocycles. The first-order chi connectivity index (χ1) is 8.99. The molecule has 1 heterocycles. The van der Waals surface area contributed by atoms with Gasteiger partial charge in [-0.2, -0.15) is 0 Å². The maximum absolute atomic E-state index is 12.0. The number of carbonyl (C=O) groups excluding carboxylic acids is 1. The van der Waals surface area contributed by atoms with Gasteiger partial charge in [0.1, 0.15) is 6.04 Å². The van der Waals surface area contributed by atoms with Gasteiger partial charge in [0, 0.05) is 22.7 Å². The number of aromatic nitrogens is 1. The second-order valence-electron chi connectivity index (χ2n) is 4.81. The largest absolute Gasteiger partial charge is 0.480 e. The van der Waals surface area contributed by atoms with Crippen LogP contribution in [0.2, 0.25) is 0 Å². The molecule has 2 rings (SSSR count). The normalized spacial score (nSPS) is 12.6. The molecular formula is C14H16N2O3. The van der Waals surface area contributed by atoms with Crippen LogP contribution in [0.3, 0.4) is 0 Å². The summed E-state index contributed by atoms with van der Waals surface area (Å²) in [5, 5.41) is 12.5. The Kier molecular flexibility index (Phi) is 3.55. The predicted molar refractivity (Wildman–Crippen MR) is 72.0 cm³/mol. The average molecular weight is 260 g/mol. The number of hydrogen-bond donors (Lipinski definition) is 3. The summed E-state index contributed by atoms with van der Waals surface area (Å²) < 4.78 is 0. The van der Waals surface area contributed by atoms with Crippen LogP contribution in [-0.4, -0.2) is 28.0 Å². The van der Waals surface area contributed by atoms with Gasteiger partial charge in [0.15, 0.2) is 0 Å². The highest BCUT2D eigenvalue weighted by molar-refractivity contribution is 5.99. The molecule has 1 aromatic heterocycles. The molecule has 0 aliphatic carbocycles. The topological polar surface area (TPSA) is 82.2 Å². The number of benzene rings is 1. The minimum atomic E-state index is -1.02. The number of fused-ring (bicyclic) bond motifs is 1. The van der Waals surface area contributed by atoms with E-state index in [-0.39, 0.29) is 11.8 Å². The molecule has 0 radical (unpaired) electrons. The number of carboxylic acid groups (broad SMARTS) is 1. The summed E-state index contributed by atoms with van der Waals surface area (Å²) in [5.41, 5.74) is 1.40. The fraction of sp³-hybridized carbons (Fsp3) is 0.286. The minimum Gasteiger partial charge on any atom is -0.480 e. The first-order valence-corrected chi connectivity index (χ1v) is 6.10. The summed E-state index contributed by atoms with van der Waals surface area (Å²) in [6, 6.07) is 6.20. The summed E-state index contributed by atoms with van der Waals surface area (Å²) in [6.45, 7) is 3.52. The molecule has 3 N–H and O–H groups in total. The molecule has 5 heteroatoms. The van der Waals surface area contributed by atoms with Crippen LogP contribution in [0.5, 0.6) is 0 Å². The predicted octanol–water partition coefficient (Wildman–Crippen LogP) is 2.01. The molecular weight excluding hydrogens is 244 g/mol. The molecule has 100 valence electrons. The fourth-order valence-corrected chi connectivity index (χ4v) is 1.93. The minimum absolute atomic E-state index is 0.169. The molecule has 0 saturated carbocycles. The van der Waals surface area contributed by atoms with Crippen LogP contribution in [0.25, 0.3) is 10.9 Å². The van der Waals surface area contributed by atoms with Gasteiger partial charge >= 0.3 is 5.97 Å². The van der Waals surface area contributed by atoms with Gasteiger partial charge in [0.2, 0.25) is 0 Å². The summed E-state index contributed by atoms with van der Waals surface area (Å²) in [4.78, 5) is 26.1. The lowest BCUT2D eigenvalue weighted by atomic mass is 10.0. The molecule has 0 spiro atoms. The molecule has 1 amide bonds. The van der Waals surface area contributed by atoms with Crippen molar-refractivity contribution in [3.05, 3.63) is 36.0 Å². The molecule has 0 aliphatic rings. The lowest BCUT2D eigenvalue weighted by Crippen LogP contribution is -2.44. The number of aromatic amines is 1. The number of H-pyrrole nitrogens is 1. The first-order valence-electron chi connectivity index (χ1n) is 6.10. The Labute approximate surface area is 110 Å². The van der Waals surface area contributed by atoms with Crippen LogP contribution in [-0.2, 0) is 4.79 Å². The van der Waals surface area contributed by atoms with Crippen molar-refractivity contribution in [2.75, 3.05) is 0 Å². The maximum Gasteiger partial charge on any atom is 0.326 e. The zero-order valence-electron chi connectivity index (χ0n) is 10.8. The molecule has 19 heavy (non-hydrogen) atoms. The highest BCUT2D eigenvalue weighted by Crippen LogP contribution is 2.14. The Balaban J connectivity index is 2.21. The molecule has 1 atom stereocenters. The lowest BCUT2D eigenvalue weighted by Gasteiger charge is -2.17. The zero-order valence-corrected chi connectivity index (χ0v) is 10.8. The quantitative estimate of drug-likeness (QED) is 0.786. The van der Waals surface area contributed by atoms with Crippen LogP contribution in [0.1, 0.15) is 24.2 Å². The van der Waals surface area contributed by atoms with Gasteiger partial charge in [-0.05, 0) is 30.2 Å². The molecule has 0 aliphatic heterocycles. The van der Waals surface area contributed by atoms with Crippen LogP contribution in [0.4, 0.5) is 0 Å². The van der Waals surface area contributed by atoms with E-state index in [2.05, 4.69) is 10.3 Å². The number of carboxylic acids is 1. The van der Waals surface area contributed by atoms with Gasteiger partial charge in [-0.25, -0.2) is 4.79 Å². The van der Waals surface area contributed by atoms with Crippen molar-refractivity contribution in [1.82, 2.24) is 10.3 Å². The number of aliphatic carboxylic acids is 1. The molecule has 5 nitrogen and oxygen atoms in total. The molecule has 1 aromatic carbocycles. The fourth-order valence-electron chi connectivity index (χ4n) is 1.93. The van der Waals surface area contributed by atoms with E-state index in [0.717, 1.165) is 10.9 Å². The van der Waals surface area contributed by atoms with Gasteiger partial charge < -0.3 is 15.4 Å². The van der Waals surface area contributed by atoms with Gasteiger partial charge in [-0.1, -0.05) is 13.8 Å². The van der Waals surface area contributed by atoms with Crippen LogP contribution in [0.15, 0.2) is 30.5 Å². The van der Waals surface area contributed by atoms with Crippen LogP contribution >= 0.6 is 0 Å². The van der Waals surface area contributed by atoms with Gasteiger partial charge in [0.25, 0.3) is 5.91 Å². The molecule has 2 aromatic rings. The Hall–Kier alpha value is -2.30. The number of amides is 1.